The number of unbranched alkanes of at least 4 members (excludes halogenated alkanes) is 26. The minimum absolute atomic E-state index is 0.0653. The second-order valence-corrected chi connectivity index (χ2v) is 18.6. The van der Waals surface area contributed by atoms with Gasteiger partial charge in [-0.25, -0.2) is 0 Å². The van der Waals surface area contributed by atoms with Crippen molar-refractivity contribution in [1.29, 1.82) is 0 Å². The number of carbonyl (C=O) groups is 3. The highest BCUT2D eigenvalue weighted by Crippen LogP contribution is 2.18. The zero-order valence-corrected chi connectivity index (χ0v) is 39.1. The molecule has 0 aromatic rings. The molecule has 57 heavy (non-hydrogen) atoms. The van der Waals surface area contributed by atoms with Gasteiger partial charge in [0.2, 0.25) is 0 Å². The summed E-state index contributed by atoms with van der Waals surface area (Å²) in [5, 5.41) is 0. The van der Waals surface area contributed by atoms with E-state index in [0.717, 1.165) is 75.5 Å². The summed E-state index contributed by atoms with van der Waals surface area (Å²) in [4.78, 5) is 37.9. The zero-order valence-electron chi connectivity index (χ0n) is 39.1. The van der Waals surface area contributed by atoms with E-state index in [2.05, 4.69) is 41.5 Å². The van der Waals surface area contributed by atoms with Crippen LogP contribution in [0.2, 0.25) is 0 Å². The van der Waals surface area contributed by atoms with Crippen molar-refractivity contribution in [2.75, 3.05) is 13.2 Å². The van der Waals surface area contributed by atoms with Gasteiger partial charge in [0, 0.05) is 19.3 Å². The molecule has 0 aliphatic heterocycles. The standard InChI is InChI=1S/C51H98O6/c1-7-47(6)39-33-27-21-15-9-11-16-22-28-34-40-49(52)55-43-48(44-56-50(53)41-35-29-23-18-12-14-20-26-32-38-46(4)5)57-51(54)42-36-30-24-17-10-8-13-19-25-31-37-45(2)3/h45-48H,7-44H2,1-6H3/t47?,48-/m1/s1. The lowest BCUT2D eigenvalue weighted by atomic mass is 9.99. The van der Waals surface area contributed by atoms with Crippen LogP contribution in [0, 0.1) is 17.8 Å². The van der Waals surface area contributed by atoms with Gasteiger partial charge in [-0.05, 0) is 37.0 Å². The lowest BCUT2D eigenvalue weighted by Gasteiger charge is -2.18. The maximum atomic E-state index is 12.8. The fourth-order valence-corrected chi connectivity index (χ4v) is 7.55. The van der Waals surface area contributed by atoms with Crippen LogP contribution in [0.25, 0.3) is 0 Å². The molecule has 0 amide bonds. The lowest BCUT2D eigenvalue weighted by molar-refractivity contribution is -0.167. The van der Waals surface area contributed by atoms with Crippen LogP contribution in [0.15, 0.2) is 0 Å². The molecule has 0 saturated carbocycles. The van der Waals surface area contributed by atoms with E-state index in [1.807, 2.05) is 0 Å². The Bertz CT molecular complexity index is 885. The molecule has 2 atom stereocenters. The quantitative estimate of drug-likeness (QED) is 0.0347. The number of rotatable bonds is 44. The van der Waals surface area contributed by atoms with Gasteiger partial charge in [0.25, 0.3) is 0 Å². The molecule has 0 saturated heterocycles. The molecule has 338 valence electrons. The first-order valence-electron chi connectivity index (χ1n) is 25.1. The number of carbonyl (C=O) groups excluding carboxylic acids is 3. The molecule has 0 aromatic carbocycles. The molecule has 0 radical (unpaired) electrons. The Morgan fingerprint density at radius 3 is 0.912 bits per heavy atom. The van der Waals surface area contributed by atoms with E-state index in [9.17, 15) is 14.4 Å². The van der Waals surface area contributed by atoms with Gasteiger partial charge in [0.1, 0.15) is 13.2 Å². The molecule has 0 fully saturated rings. The van der Waals surface area contributed by atoms with E-state index in [1.54, 1.807) is 0 Å². The smallest absolute Gasteiger partial charge is 0.306 e. The van der Waals surface area contributed by atoms with Gasteiger partial charge in [0.15, 0.2) is 6.10 Å². The van der Waals surface area contributed by atoms with E-state index in [0.29, 0.717) is 19.3 Å². The molecule has 0 aromatic heterocycles. The van der Waals surface area contributed by atoms with Gasteiger partial charge in [-0.15, -0.1) is 0 Å². The molecular formula is C51H98O6. The van der Waals surface area contributed by atoms with Crippen molar-refractivity contribution in [3.05, 3.63) is 0 Å². The summed E-state index contributed by atoms with van der Waals surface area (Å²) in [6.45, 7) is 13.7. The Balaban J connectivity index is 4.34. The highest BCUT2D eigenvalue weighted by molar-refractivity contribution is 5.71. The van der Waals surface area contributed by atoms with Crippen LogP contribution < -0.4 is 0 Å². The summed E-state index contributed by atoms with van der Waals surface area (Å²) >= 11 is 0. The normalized spacial score (nSPS) is 12.6. The first-order chi connectivity index (χ1) is 27.6. The van der Waals surface area contributed by atoms with E-state index < -0.39 is 6.10 Å². The van der Waals surface area contributed by atoms with Crippen LogP contribution in [0.5, 0.6) is 0 Å². The number of ether oxygens (including phenoxy) is 3. The van der Waals surface area contributed by atoms with E-state index in [-0.39, 0.29) is 31.1 Å². The van der Waals surface area contributed by atoms with Crippen LogP contribution in [0.3, 0.4) is 0 Å². The molecule has 0 aliphatic rings. The number of hydrogen-bond donors (Lipinski definition) is 0. The van der Waals surface area contributed by atoms with Crippen molar-refractivity contribution < 1.29 is 28.6 Å². The lowest BCUT2D eigenvalue weighted by Crippen LogP contribution is -2.30. The third-order valence-electron chi connectivity index (χ3n) is 11.8. The van der Waals surface area contributed by atoms with Crippen molar-refractivity contribution in [2.24, 2.45) is 17.8 Å². The molecule has 0 bridgehead atoms. The van der Waals surface area contributed by atoms with Crippen LogP contribution in [-0.2, 0) is 28.6 Å². The Morgan fingerprint density at radius 2 is 0.614 bits per heavy atom. The Hall–Kier alpha value is -1.59. The molecule has 6 heteroatoms. The summed E-state index contributed by atoms with van der Waals surface area (Å²) in [5.74, 6) is 1.64. The van der Waals surface area contributed by atoms with Crippen molar-refractivity contribution in [2.45, 2.75) is 279 Å². The second kappa shape index (κ2) is 42.5. The summed E-state index contributed by atoms with van der Waals surface area (Å²) in [6.07, 6.45) is 40.8. The largest absolute Gasteiger partial charge is 0.462 e. The molecule has 0 aliphatic carbocycles. The summed E-state index contributed by atoms with van der Waals surface area (Å²) in [6, 6.07) is 0. The molecule has 1 unspecified atom stereocenters. The summed E-state index contributed by atoms with van der Waals surface area (Å²) < 4.78 is 16.8. The molecule has 0 rings (SSSR count). The minimum atomic E-state index is -0.762. The first kappa shape index (κ1) is 55.4. The average Bonchev–Trinajstić information content (AvgIpc) is 3.18. The van der Waals surface area contributed by atoms with Crippen molar-refractivity contribution in [3.8, 4) is 0 Å². The summed E-state index contributed by atoms with van der Waals surface area (Å²) in [7, 11) is 0. The molecule has 0 N–H and O–H groups in total. The van der Waals surface area contributed by atoms with E-state index in [4.69, 9.17) is 14.2 Å². The molecule has 0 spiro atoms. The zero-order chi connectivity index (χ0) is 42.0. The van der Waals surface area contributed by atoms with Crippen LogP contribution in [0.4, 0.5) is 0 Å². The maximum absolute atomic E-state index is 12.8. The maximum Gasteiger partial charge on any atom is 0.306 e. The highest BCUT2D eigenvalue weighted by Gasteiger charge is 2.19. The Morgan fingerprint density at radius 1 is 0.351 bits per heavy atom. The van der Waals surface area contributed by atoms with E-state index in [1.165, 1.54) is 154 Å². The van der Waals surface area contributed by atoms with Gasteiger partial charge >= 0.3 is 17.9 Å². The van der Waals surface area contributed by atoms with Crippen LogP contribution >= 0.6 is 0 Å². The number of esters is 3. The second-order valence-electron chi connectivity index (χ2n) is 18.6. The fourth-order valence-electron chi connectivity index (χ4n) is 7.55. The van der Waals surface area contributed by atoms with Crippen LogP contribution in [-0.4, -0.2) is 37.2 Å². The molecular weight excluding hydrogens is 709 g/mol. The van der Waals surface area contributed by atoms with Crippen molar-refractivity contribution in [3.63, 3.8) is 0 Å². The number of hydrogen-bond acceptors (Lipinski definition) is 6. The SMILES string of the molecule is CCC(C)CCCCCCCCCCCCC(=O)OC[C@H](COC(=O)CCCCCCCCCCCC(C)C)OC(=O)CCCCCCCCCCCCC(C)C. The van der Waals surface area contributed by atoms with Gasteiger partial charge in [-0.1, -0.05) is 234 Å². The predicted molar refractivity (Wildman–Crippen MR) is 243 cm³/mol. The topological polar surface area (TPSA) is 78.9 Å². The first-order valence-corrected chi connectivity index (χ1v) is 25.1. The third kappa shape index (κ3) is 43.8. The van der Waals surface area contributed by atoms with Gasteiger partial charge in [-0.2, -0.15) is 0 Å². The van der Waals surface area contributed by atoms with Crippen LogP contribution in [0.1, 0.15) is 273 Å². The monoisotopic (exact) mass is 807 g/mol. The minimum Gasteiger partial charge on any atom is -0.462 e. The summed E-state index contributed by atoms with van der Waals surface area (Å²) in [5.41, 5.74) is 0. The Labute approximate surface area is 355 Å². The third-order valence-corrected chi connectivity index (χ3v) is 11.8. The average molecular weight is 807 g/mol. The van der Waals surface area contributed by atoms with Gasteiger partial charge in [0.05, 0.1) is 0 Å². The van der Waals surface area contributed by atoms with Gasteiger partial charge < -0.3 is 14.2 Å². The van der Waals surface area contributed by atoms with E-state index >= 15 is 0 Å². The predicted octanol–water partition coefficient (Wildman–Crippen LogP) is 16.0. The highest BCUT2D eigenvalue weighted by atomic mass is 16.6. The molecule has 0 heterocycles. The fraction of sp³-hybridized carbons (Fsp3) is 0.941. The molecule has 6 nitrogen and oxygen atoms in total. The van der Waals surface area contributed by atoms with Crippen molar-refractivity contribution in [1.82, 2.24) is 0 Å². The van der Waals surface area contributed by atoms with Crippen molar-refractivity contribution >= 4 is 17.9 Å². The van der Waals surface area contributed by atoms with Gasteiger partial charge in [-0.3, -0.25) is 14.4 Å². The Kier molecular flexibility index (Phi) is 41.3.